The first kappa shape index (κ1) is 25.8. The maximum absolute atomic E-state index is 13.5. The van der Waals surface area contributed by atoms with E-state index in [1.165, 1.54) is 18.2 Å². The van der Waals surface area contributed by atoms with E-state index in [0.29, 0.717) is 17.9 Å². The van der Waals surface area contributed by atoms with Gasteiger partial charge in [0, 0.05) is 31.0 Å². The number of halogens is 3. The second-order valence-corrected chi connectivity index (χ2v) is 8.66. The van der Waals surface area contributed by atoms with Gasteiger partial charge >= 0.3 is 6.18 Å². The summed E-state index contributed by atoms with van der Waals surface area (Å²) in [6, 6.07) is 16.3. The second-order valence-electron chi connectivity index (χ2n) is 8.66. The molecular weight excluding hydrogens is 485 g/mol. The molecule has 0 saturated carbocycles. The number of ether oxygens (including phenoxy) is 1. The highest BCUT2D eigenvalue weighted by Crippen LogP contribution is 2.43. The minimum atomic E-state index is -4.65. The van der Waals surface area contributed by atoms with Crippen LogP contribution in [0.5, 0.6) is 5.75 Å². The van der Waals surface area contributed by atoms with Crippen LogP contribution in [0.25, 0.3) is 5.76 Å². The van der Waals surface area contributed by atoms with Crippen molar-refractivity contribution >= 4 is 28.8 Å². The van der Waals surface area contributed by atoms with Crippen molar-refractivity contribution in [3.05, 3.63) is 95.1 Å². The smallest absolute Gasteiger partial charge is 0.416 e. The second kappa shape index (κ2) is 10.0. The number of benzene rings is 3. The van der Waals surface area contributed by atoms with Gasteiger partial charge in [-0.1, -0.05) is 30.3 Å². The molecule has 0 aliphatic carbocycles. The summed E-state index contributed by atoms with van der Waals surface area (Å²) in [6.07, 6.45) is -4.65. The number of carbonyl (C=O) groups is 2. The van der Waals surface area contributed by atoms with Gasteiger partial charge in [-0.05, 0) is 55.0 Å². The molecule has 1 unspecified atom stereocenters. The third kappa shape index (κ3) is 5.02. The number of hydrogen-bond donors (Lipinski definition) is 1. The zero-order chi connectivity index (χ0) is 26.9. The van der Waals surface area contributed by atoms with Gasteiger partial charge in [0.2, 0.25) is 0 Å². The average Bonchev–Trinajstić information content (AvgIpc) is 3.14. The summed E-state index contributed by atoms with van der Waals surface area (Å²) in [4.78, 5) is 29.4. The molecule has 1 heterocycles. The number of amides is 1. The number of alkyl halides is 3. The van der Waals surface area contributed by atoms with Gasteiger partial charge in [-0.3, -0.25) is 14.5 Å². The maximum atomic E-state index is 13.5. The van der Waals surface area contributed by atoms with Gasteiger partial charge in [0.05, 0.1) is 23.8 Å². The molecule has 1 amide bonds. The lowest BCUT2D eigenvalue weighted by Crippen LogP contribution is -2.29. The molecular formula is C28H25F3N2O4. The van der Waals surface area contributed by atoms with Gasteiger partial charge in [0.1, 0.15) is 11.5 Å². The number of anilines is 2. The molecule has 1 N–H and O–H groups in total. The van der Waals surface area contributed by atoms with Crippen LogP contribution in [-0.4, -0.2) is 37.5 Å². The molecule has 9 heteroatoms. The first-order valence-corrected chi connectivity index (χ1v) is 11.5. The zero-order valence-corrected chi connectivity index (χ0v) is 20.4. The van der Waals surface area contributed by atoms with E-state index in [2.05, 4.69) is 0 Å². The number of rotatable bonds is 6. The van der Waals surface area contributed by atoms with Gasteiger partial charge in [-0.25, -0.2) is 0 Å². The van der Waals surface area contributed by atoms with Crippen molar-refractivity contribution in [3.8, 4) is 5.75 Å². The van der Waals surface area contributed by atoms with Crippen molar-refractivity contribution in [1.82, 2.24) is 0 Å². The Kier molecular flexibility index (Phi) is 6.98. The van der Waals surface area contributed by atoms with E-state index in [-0.39, 0.29) is 16.8 Å². The fourth-order valence-electron chi connectivity index (χ4n) is 4.26. The molecule has 4 rings (SSSR count). The minimum absolute atomic E-state index is 0.110. The summed E-state index contributed by atoms with van der Waals surface area (Å²) in [5.41, 5.74) is 0.226. The lowest BCUT2D eigenvalue weighted by Gasteiger charge is -2.26. The van der Waals surface area contributed by atoms with E-state index in [4.69, 9.17) is 4.74 Å². The van der Waals surface area contributed by atoms with Crippen LogP contribution in [0.15, 0.2) is 78.4 Å². The Morgan fingerprint density at radius 3 is 2.30 bits per heavy atom. The Balaban J connectivity index is 1.93. The van der Waals surface area contributed by atoms with Crippen LogP contribution in [0.1, 0.15) is 29.7 Å². The van der Waals surface area contributed by atoms with Crippen molar-refractivity contribution in [3.63, 3.8) is 0 Å². The van der Waals surface area contributed by atoms with Crippen LogP contribution in [0.3, 0.4) is 0 Å². The van der Waals surface area contributed by atoms with E-state index in [9.17, 15) is 27.9 Å². The third-order valence-electron chi connectivity index (χ3n) is 6.04. The third-order valence-corrected chi connectivity index (χ3v) is 6.04. The van der Waals surface area contributed by atoms with Crippen molar-refractivity contribution in [2.24, 2.45) is 0 Å². The number of aliphatic hydroxyl groups excluding tert-OH is 1. The number of carbonyl (C=O) groups excluding carboxylic acids is 2. The molecule has 1 aliphatic heterocycles. The molecule has 0 spiro atoms. The number of ketones is 1. The minimum Gasteiger partial charge on any atom is -0.507 e. The zero-order valence-electron chi connectivity index (χ0n) is 20.4. The number of aliphatic hydroxyl groups is 1. The fraction of sp³-hybridized carbons (Fsp3) is 0.214. The molecule has 1 fully saturated rings. The predicted molar refractivity (Wildman–Crippen MR) is 135 cm³/mol. The summed E-state index contributed by atoms with van der Waals surface area (Å²) < 4.78 is 45.9. The van der Waals surface area contributed by atoms with E-state index < -0.39 is 35.2 Å². The molecule has 3 aromatic carbocycles. The van der Waals surface area contributed by atoms with Crippen LogP contribution in [0.2, 0.25) is 0 Å². The summed E-state index contributed by atoms with van der Waals surface area (Å²) in [5, 5.41) is 11.3. The van der Waals surface area contributed by atoms with Gasteiger partial charge in [0.15, 0.2) is 0 Å². The summed E-state index contributed by atoms with van der Waals surface area (Å²) in [7, 11) is 3.68. The highest BCUT2D eigenvalue weighted by molar-refractivity contribution is 6.51. The van der Waals surface area contributed by atoms with Crippen LogP contribution in [0, 0.1) is 0 Å². The highest BCUT2D eigenvalue weighted by Gasteiger charge is 2.47. The standard InChI is InChI=1S/C28H25F3N2O4/c1-4-37-22-10-5-7-18(15-22)25(34)23-24(17-11-13-20(14-12-17)32(2)3)33(27(36)26(23)35)21-9-6-8-19(16-21)28(29,30)31/h5-16,24,34H,4H2,1-3H3/b25-23+. The molecule has 1 saturated heterocycles. The Labute approximate surface area is 212 Å². The first-order valence-electron chi connectivity index (χ1n) is 11.5. The fourth-order valence-corrected chi connectivity index (χ4v) is 4.26. The normalized spacial score (nSPS) is 17.2. The van der Waals surface area contributed by atoms with E-state index in [0.717, 1.165) is 22.7 Å². The average molecular weight is 511 g/mol. The van der Waals surface area contributed by atoms with E-state index >= 15 is 0 Å². The Morgan fingerprint density at radius 2 is 1.68 bits per heavy atom. The lowest BCUT2D eigenvalue weighted by atomic mass is 9.94. The quantitative estimate of drug-likeness (QED) is 0.258. The molecule has 1 atom stereocenters. The van der Waals surface area contributed by atoms with Gasteiger partial charge in [-0.15, -0.1) is 0 Å². The molecule has 3 aromatic rings. The summed E-state index contributed by atoms with van der Waals surface area (Å²) in [5.74, 6) is -2.04. The van der Waals surface area contributed by atoms with Crippen LogP contribution in [-0.2, 0) is 15.8 Å². The van der Waals surface area contributed by atoms with Gasteiger partial charge in [-0.2, -0.15) is 13.2 Å². The molecule has 0 aromatic heterocycles. The Morgan fingerprint density at radius 1 is 1.00 bits per heavy atom. The van der Waals surface area contributed by atoms with Crippen molar-refractivity contribution in [1.29, 1.82) is 0 Å². The van der Waals surface area contributed by atoms with Crippen LogP contribution < -0.4 is 14.5 Å². The molecule has 6 nitrogen and oxygen atoms in total. The molecule has 192 valence electrons. The largest absolute Gasteiger partial charge is 0.507 e. The number of nitrogens with zero attached hydrogens (tertiary/aromatic N) is 2. The predicted octanol–water partition coefficient (Wildman–Crippen LogP) is 5.80. The van der Waals surface area contributed by atoms with Crippen molar-refractivity contribution < 1.29 is 32.6 Å². The highest BCUT2D eigenvalue weighted by atomic mass is 19.4. The Hall–Kier alpha value is -4.27. The molecule has 0 bridgehead atoms. The molecule has 0 radical (unpaired) electrons. The topological polar surface area (TPSA) is 70.1 Å². The maximum Gasteiger partial charge on any atom is 0.416 e. The SMILES string of the molecule is CCOc1cccc(/C(O)=C2\C(=O)C(=O)N(c3cccc(C(F)(F)F)c3)C2c2ccc(N(C)C)cc2)c1. The monoisotopic (exact) mass is 510 g/mol. The van der Waals surface area contributed by atoms with E-state index in [1.54, 1.807) is 49.4 Å². The lowest BCUT2D eigenvalue weighted by molar-refractivity contribution is -0.137. The van der Waals surface area contributed by atoms with Gasteiger partial charge in [0.25, 0.3) is 11.7 Å². The molecule has 37 heavy (non-hydrogen) atoms. The Bertz CT molecular complexity index is 1360. The number of hydrogen-bond acceptors (Lipinski definition) is 5. The van der Waals surface area contributed by atoms with E-state index in [1.807, 2.05) is 19.0 Å². The molecule has 1 aliphatic rings. The summed E-state index contributed by atoms with van der Waals surface area (Å²) in [6.45, 7) is 2.17. The van der Waals surface area contributed by atoms with Gasteiger partial charge < -0.3 is 14.7 Å². The summed E-state index contributed by atoms with van der Waals surface area (Å²) >= 11 is 0. The van der Waals surface area contributed by atoms with Crippen LogP contribution in [0.4, 0.5) is 24.5 Å². The van der Waals surface area contributed by atoms with Crippen molar-refractivity contribution in [2.75, 3.05) is 30.5 Å². The van der Waals surface area contributed by atoms with Crippen molar-refractivity contribution in [2.45, 2.75) is 19.1 Å². The van der Waals surface area contributed by atoms with Crippen LogP contribution >= 0.6 is 0 Å². The number of Topliss-reactive ketones (excluding diaryl/α,β-unsaturated/α-hetero) is 1. The first-order chi connectivity index (χ1) is 17.5.